The lowest BCUT2D eigenvalue weighted by molar-refractivity contribution is 0.311. The highest BCUT2D eigenvalue weighted by Crippen LogP contribution is 2.28. The summed E-state index contributed by atoms with van der Waals surface area (Å²) in [5.74, 6) is 3.02. The molecule has 1 aromatic heterocycles. The van der Waals surface area contributed by atoms with Gasteiger partial charge in [-0.25, -0.2) is 9.97 Å². The zero-order chi connectivity index (χ0) is 11.5. The summed E-state index contributed by atoms with van der Waals surface area (Å²) < 4.78 is 0. The highest BCUT2D eigenvalue weighted by molar-refractivity contribution is 5.57. The molecule has 0 saturated carbocycles. The van der Waals surface area contributed by atoms with Gasteiger partial charge in [-0.05, 0) is 24.7 Å². The van der Waals surface area contributed by atoms with Gasteiger partial charge in [-0.1, -0.05) is 13.8 Å². The van der Waals surface area contributed by atoms with E-state index in [1.807, 2.05) is 0 Å². The Balaban J connectivity index is 2.02. The van der Waals surface area contributed by atoms with E-state index in [2.05, 4.69) is 28.7 Å². The predicted molar refractivity (Wildman–Crippen MR) is 66.2 cm³/mol. The number of aromatic nitrogens is 2. The Morgan fingerprint density at radius 1 is 1.25 bits per heavy atom. The first-order chi connectivity index (χ1) is 7.68. The minimum Gasteiger partial charge on any atom is -0.381 e. The molecule has 2 rings (SSSR count). The molecule has 0 unspecified atom stereocenters. The Morgan fingerprint density at radius 3 is 2.44 bits per heavy atom. The molecule has 1 aliphatic heterocycles. The lowest BCUT2D eigenvalue weighted by atomic mass is 9.87. The molecule has 2 N–H and O–H groups in total. The number of hydrogen-bond acceptors (Lipinski definition) is 4. The molecule has 4 nitrogen and oxygen atoms in total. The van der Waals surface area contributed by atoms with Gasteiger partial charge in [0.15, 0.2) is 11.6 Å². The normalized spacial score (nSPS) is 18.1. The molecule has 0 spiro atoms. The monoisotopic (exact) mass is 220 g/mol. The van der Waals surface area contributed by atoms with E-state index in [1.165, 1.54) is 12.8 Å². The summed E-state index contributed by atoms with van der Waals surface area (Å²) in [6, 6.07) is 0. The maximum Gasteiger partial charge on any atom is 0.171 e. The first kappa shape index (κ1) is 11.2. The van der Waals surface area contributed by atoms with Crippen molar-refractivity contribution in [2.45, 2.75) is 26.7 Å². The fourth-order valence-electron chi connectivity index (χ4n) is 2.36. The van der Waals surface area contributed by atoms with Crippen LogP contribution in [0.25, 0.3) is 0 Å². The minimum atomic E-state index is 0.547. The maximum atomic E-state index is 5.83. The third-order valence-corrected chi connectivity index (χ3v) is 3.49. The summed E-state index contributed by atoms with van der Waals surface area (Å²) in [7, 11) is 0. The Hall–Kier alpha value is -1.32. The first-order valence-corrected chi connectivity index (χ1v) is 6.00. The van der Waals surface area contributed by atoms with E-state index in [0.717, 1.165) is 30.7 Å². The Labute approximate surface area is 96.9 Å². The van der Waals surface area contributed by atoms with Crippen LogP contribution in [0.3, 0.4) is 0 Å². The molecule has 2 heterocycles. The number of hydrogen-bond donors (Lipinski definition) is 1. The molecule has 0 aliphatic carbocycles. The molecule has 0 atom stereocenters. The molecule has 1 fully saturated rings. The van der Waals surface area contributed by atoms with E-state index in [9.17, 15) is 0 Å². The molecule has 16 heavy (non-hydrogen) atoms. The highest BCUT2D eigenvalue weighted by atomic mass is 15.2. The van der Waals surface area contributed by atoms with Crippen LogP contribution < -0.4 is 10.6 Å². The molecule has 1 aromatic rings. The second-order valence-corrected chi connectivity index (χ2v) is 4.83. The number of piperidine rings is 1. The van der Waals surface area contributed by atoms with E-state index in [1.54, 1.807) is 12.4 Å². The molecular weight excluding hydrogens is 200 g/mol. The van der Waals surface area contributed by atoms with Crippen LogP contribution in [-0.4, -0.2) is 23.1 Å². The van der Waals surface area contributed by atoms with Gasteiger partial charge in [-0.2, -0.15) is 0 Å². The fourth-order valence-corrected chi connectivity index (χ4v) is 2.36. The van der Waals surface area contributed by atoms with Crippen molar-refractivity contribution in [1.29, 1.82) is 0 Å². The van der Waals surface area contributed by atoms with Crippen molar-refractivity contribution in [3.8, 4) is 0 Å². The summed E-state index contributed by atoms with van der Waals surface area (Å²) in [4.78, 5) is 10.6. The van der Waals surface area contributed by atoms with Crippen molar-refractivity contribution in [2.24, 2.45) is 11.8 Å². The number of nitrogens with zero attached hydrogens (tertiary/aromatic N) is 3. The summed E-state index contributed by atoms with van der Waals surface area (Å²) in [6.07, 6.45) is 5.81. The first-order valence-electron chi connectivity index (χ1n) is 6.00. The van der Waals surface area contributed by atoms with Crippen LogP contribution in [-0.2, 0) is 0 Å². The van der Waals surface area contributed by atoms with Crippen LogP contribution in [0.4, 0.5) is 11.6 Å². The van der Waals surface area contributed by atoms with Crippen molar-refractivity contribution >= 4 is 11.6 Å². The van der Waals surface area contributed by atoms with E-state index in [0.29, 0.717) is 5.82 Å². The van der Waals surface area contributed by atoms with Gasteiger partial charge in [0.2, 0.25) is 0 Å². The SMILES string of the molecule is CC(C)C1CCN(c2nccnc2N)CC1. The largest absolute Gasteiger partial charge is 0.381 e. The number of anilines is 2. The van der Waals surface area contributed by atoms with Crippen molar-refractivity contribution in [3.63, 3.8) is 0 Å². The molecule has 0 aromatic carbocycles. The molecule has 0 bridgehead atoms. The Morgan fingerprint density at radius 2 is 1.88 bits per heavy atom. The molecular formula is C12H20N4. The van der Waals surface area contributed by atoms with Gasteiger partial charge in [-0.3, -0.25) is 0 Å². The highest BCUT2D eigenvalue weighted by Gasteiger charge is 2.23. The van der Waals surface area contributed by atoms with E-state index in [4.69, 9.17) is 5.73 Å². The van der Waals surface area contributed by atoms with Crippen LogP contribution in [0.2, 0.25) is 0 Å². The molecule has 0 radical (unpaired) electrons. The average molecular weight is 220 g/mol. The second-order valence-electron chi connectivity index (χ2n) is 4.83. The van der Waals surface area contributed by atoms with Gasteiger partial charge in [0.1, 0.15) is 0 Å². The van der Waals surface area contributed by atoms with Crippen molar-refractivity contribution in [2.75, 3.05) is 23.7 Å². The standard InChI is InChI=1S/C12H20N4/c1-9(2)10-3-7-16(8-4-10)12-11(13)14-5-6-15-12/h5-6,9-10H,3-4,7-8H2,1-2H3,(H2,13,14). The third-order valence-electron chi connectivity index (χ3n) is 3.49. The second kappa shape index (κ2) is 4.68. The maximum absolute atomic E-state index is 5.83. The zero-order valence-corrected chi connectivity index (χ0v) is 10.1. The molecule has 0 amide bonds. The van der Waals surface area contributed by atoms with Gasteiger partial charge >= 0.3 is 0 Å². The lowest BCUT2D eigenvalue weighted by Crippen LogP contribution is -2.36. The molecule has 1 saturated heterocycles. The number of nitrogen functional groups attached to an aromatic ring is 1. The van der Waals surface area contributed by atoms with Gasteiger partial charge in [0, 0.05) is 25.5 Å². The fraction of sp³-hybridized carbons (Fsp3) is 0.667. The summed E-state index contributed by atoms with van der Waals surface area (Å²) in [5, 5.41) is 0. The van der Waals surface area contributed by atoms with Crippen LogP contribution in [0.15, 0.2) is 12.4 Å². The molecule has 1 aliphatic rings. The van der Waals surface area contributed by atoms with Gasteiger partial charge in [0.05, 0.1) is 0 Å². The average Bonchev–Trinajstić information content (AvgIpc) is 2.30. The summed E-state index contributed by atoms with van der Waals surface area (Å²) in [5.41, 5.74) is 5.83. The van der Waals surface area contributed by atoms with E-state index in [-0.39, 0.29) is 0 Å². The van der Waals surface area contributed by atoms with E-state index >= 15 is 0 Å². The lowest BCUT2D eigenvalue weighted by Gasteiger charge is -2.34. The Kier molecular flexibility index (Phi) is 3.27. The smallest absolute Gasteiger partial charge is 0.171 e. The van der Waals surface area contributed by atoms with Crippen molar-refractivity contribution in [1.82, 2.24) is 9.97 Å². The van der Waals surface area contributed by atoms with Crippen molar-refractivity contribution < 1.29 is 0 Å². The Bertz CT molecular complexity index is 343. The van der Waals surface area contributed by atoms with Crippen LogP contribution >= 0.6 is 0 Å². The number of nitrogens with two attached hydrogens (primary N) is 1. The topological polar surface area (TPSA) is 55.0 Å². The summed E-state index contributed by atoms with van der Waals surface area (Å²) in [6.45, 7) is 6.70. The van der Waals surface area contributed by atoms with Gasteiger partial charge in [-0.15, -0.1) is 0 Å². The quantitative estimate of drug-likeness (QED) is 0.827. The predicted octanol–water partition coefficient (Wildman–Crippen LogP) is 1.93. The van der Waals surface area contributed by atoms with Gasteiger partial charge < -0.3 is 10.6 Å². The van der Waals surface area contributed by atoms with E-state index < -0.39 is 0 Å². The number of rotatable bonds is 2. The third kappa shape index (κ3) is 2.26. The van der Waals surface area contributed by atoms with Crippen LogP contribution in [0, 0.1) is 11.8 Å². The van der Waals surface area contributed by atoms with Gasteiger partial charge in [0.25, 0.3) is 0 Å². The molecule has 4 heteroatoms. The minimum absolute atomic E-state index is 0.547. The van der Waals surface area contributed by atoms with Crippen molar-refractivity contribution in [3.05, 3.63) is 12.4 Å². The van der Waals surface area contributed by atoms with Crippen LogP contribution in [0.1, 0.15) is 26.7 Å². The zero-order valence-electron chi connectivity index (χ0n) is 10.1. The molecule has 88 valence electrons. The summed E-state index contributed by atoms with van der Waals surface area (Å²) >= 11 is 0. The van der Waals surface area contributed by atoms with Crippen LogP contribution in [0.5, 0.6) is 0 Å².